The summed E-state index contributed by atoms with van der Waals surface area (Å²) in [6.45, 7) is 3.51. The molecule has 0 saturated heterocycles. The molecule has 1 aromatic rings. The van der Waals surface area contributed by atoms with Crippen molar-refractivity contribution in [2.75, 3.05) is 13.7 Å². The van der Waals surface area contributed by atoms with Crippen LogP contribution in [0.2, 0.25) is 0 Å². The second kappa shape index (κ2) is 9.68. The lowest BCUT2D eigenvalue weighted by atomic mass is 10.1. The van der Waals surface area contributed by atoms with Gasteiger partial charge in [-0.2, -0.15) is 0 Å². The monoisotopic (exact) mass is 265 g/mol. The van der Waals surface area contributed by atoms with Gasteiger partial charge in [-0.15, -0.1) is 0 Å². The van der Waals surface area contributed by atoms with Gasteiger partial charge in [0.05, 0.1) is 13.7 Å². The van der Waals surface area contributed by atoms with Gasteiger partial charge in [-0.1, -0.05) is 45.1 Å². The van der Waals surface area contributed by atoms with Gasteiger partial charge < -0.3 is 15.2 Å². The number of nitrogens with two attached hydrogens (primary N) is 1. The summed E-state index contributed by atoms with van der Waals surface area (Å²) in [6.07, 6.45) is 7.62. The van der Waals surface area contributed by atoms with Gasteiger partial charge in [0.25, 0.3) is 0 Å². The standard InChI is InChI=1S/C16H27NO2/c1-3-4-5-6-7-8-11-19-15-10-9-14(13-17)12-16(15)18-2/h9-10,12H,3-8,11,13,17H2,1-2H3. The number of hydrogen-bond acceptors (Lipinski definition) is 3. The van der Waals surface area contributed by atoms with E-state index in [0.717, 1.165) is 30.1 Å². The molecule has 108 valence electrons. The predicted molar refractivity (Wildman–Crippen MR) is 79.8 cm³/mol. The van der Waals surface area contributed by atoms with Crippen LogP contribution in [0, 0.1) is 0 Å². The van der Waals surface area contributed by atoms with Gasteiger partial charge in [0.1, 0.15) is 0 Å². The summed E-state index contributed by atoms with van der Waals surface area (Å²) in [5, 5.41) is 0. The lowest BCUT2D eigenvalue weighted by Crippen LogP contribution is -2.01. The highest BCUT2D eigenvalue weighted by atomic mass is 16.5. The van der Waals surface area contributed by atoms with Crippen molar-refractivity contribution < 1.29 is 9.47 Å². The highest BCUT2D eigenvalue weighted by Gasteiger charge is 2.04. The minimum atomic E-state index is 0.522. The first kappa shape index (κ1) is 15.8. The molecule has 0 aliphatic carbocycles. The van der Waals surface area contributed by atoms with Crippen molar-refractivity contribution in [2.45, 2.75) is 52.0 Å². The van der Waals surface area contributed by atoms with Crippen LogP contribution in [0.15, 0.2) is 18.2 Å². The SMILES string of the molecule is CCCCCCCCOc1ccc(CN)cc1OC. The summed E-state index contributed by atoms with van der Waals surface area (Å²) in [5.41, 5.74) is 6.67. The Hall–Kier alpha value is -1.22. The summed E-state index contributed by atoms with van der Waals surface area (Å²) in [6, 6.07) is 5.87. The first-order valence-electron chi connectivity index (χ1n) is 7.31. The molecule has 2 N–H and O–H groups in total. The van der Waals surface area contributed by atoms with Gasteiger partial charge in [0, 0.05) is 6.54 Å². The highest BCUT2D eigenvalue weighted by molar-refractivity contribution is 5.42. The van der Waals surface area contributed by atoms with E-state index in [0.29, 0.717) is 6.54 Å². The largest absolute Gasteiger partial charge is 0.493 e. The summed E-state index contributed by atoms with van der Waals surface area (Å²) in [4.78, 5) is 0. The van der Waals surface area contributed by atoms with Gasteiger partial charge in [-0.05, 0) is 24.1 Å². The van der Waals surface area contributed by atoms with Gasteiger partial charge in [0.2, 0.25) is 0 Å². The van der Waals surface area contributed by atoms with Gasteiger partial charge in [-0.25, -0.2) is 0 Å². The number of unbranched alkanes of at least 4 members (excludes halogenated alkanes) is 5. The Balaban J connectivity index is 2.28. The third kappa shape index (κ3) is 5.97. The number of methoxy groups -OCH3 is 1. The van der Waals surface area contributed by atoms with E-state index in [1.165, 1.54) is 32.1 Å². The summed E-state index contributed by atoms with van der Waals surface area (Å²) in [7, 11) is 1.66. The van der Waals surface area contributed by atoms with Gasteiger partial charge in [0.15, 0.2) is 11.5 Å². The molecule has 0 radical (unpaired) electrons. The van der Waals surface area contributed by atoms with E-state index in [1.807, 2.05) is 18.2 Å². The molecular weight excluding hydrogens is 238 g/mol. The zero-order valence-electron chi connectivity index (χ0n) is 12.3. The fourth-order valence-electron chi connectivity index (χ4n) is 2.02. The lowest BCUT2D eigenvalue weighted by Gasteiger charge is -2.11. The lowest BCUT2D eigenvalue weighted by molar-refractivity contribution is 0.284. The molecular formula is C16H27NO2. The van der Waals surface area contributed by atoms with E-state index in [9.17, 15) is 0 Å². The maximum atomic E-state index is 5.77. The van der Waals surface area contributed by atoms with Crippen LogP contribution in [0.25, 0.3) is 0 Å². The average Bonchev–Trinajstić information content (AvgIpc) is 2.46. The molecule has 19 heavy (non-hydrogen) atoms. The van der Waals surface area contributed by atoms with Crippen molar-refractivity contribution in [3.63, 3.8) is 0 Å². The quantitative estimate of drug-likeness (QED) is 0.653. The smallest absolute Gasteiger partial charge is 0.161 e. The molecule has 0 aliphatic heterocycles. The fourth-order valence-corrected chi connectivity index (χ4v) is 2.02. The van der Waals surface area contributed by atoms with E-state index in [4.69, 9.17) is 15.2 Å². The van der Waals surface area contributed by atoms with Crippen LogP contribution >= 0.6 is 0 Å². The molecule has 0 fully saturated rings. The molecule has 0 saturated carbocycles. The normalized spacial score (nSPS) is 10.5. The Morgan fingerprint density at radius 3 is 2.42 bits per heavy atom. The van der Waals surface area contributed by atoms with Crippen molar-refractivity contribution in [2.24, 2.45) is 5.73 Å². The molecule has 0 atom stereocenters. The number of rotatable bonds is 10. The van der Waals surface area contributed by atoms with Crippen LogP contribution in [0.1, 0.15) is 51.0 Å². The maximum absolute atomic E-state index is 5.77. The first-order valence-corrected chi connectivity index (χ1v) is 7.31. The molecule has 0 bridgehead atoms. The van der Waals surface area contributed by atoms with E-state index >= 15 is 0 Å². The molecule has 0 aromatic heterocycles. The zero-order chi connectivity index (χ0) is 13.9. The minimum absolute atomic E-state index is 0.522. The van der Waals surface area contributed by atoms with Crippen molar-refractivity contribution in [1.29, 1.82) is 0 Å². The molecule has 3 heteroatoms. The first-order chi connectivity index (χ1) is 9.31. The van der Waals surface area contributed by atoms with E-state index < -0.39 is 0 Å². The Kier molecular flexibility index (Phi) is 8.07. The average molecular weight is 265 g/mol. The highest BCUT2D eigenvalue weighted by Crippen LogP contribution is 2.28. The van der Waals surface area contributed by atoms with Crippen molar-refractivity contribution in [3.05, 3.63) is 23.8 Å². The molecule has 0 aliphatic rings. The maximum Gasteiger partial charge on any atom is 0.161 e. The van der Waals surface area contributed by atoms with Crippen LogP contribution in [0.4, 0.5) is 0 Å². The van der Waals surface area contributed by atoms with Crippen molar-refractivity contribution in [3.8, 4) is 11.5 Å². The number of hydrogen-bond donors (Lipinski definition) is 1. The van der Waals surface area contributed by atoms with Crippen LogP contribution in [-0.2, 0) is 6.54 Å². The third-order valence-corrected chi connectivity index (χ3v) is 3.22. The van der Waals surface area contributed by atoms with Crippen LogP contribution in [0.3, 0.4) is 0 Å². The summed E-state index contributed by atoms with van der Waals surface area (Å²) in [5.74, 6) is 1.59. The predicted octanol–water partition coefficient (Wildman–Crippen LogP) is 3.89. The van der Waals surface area contributed by atoms with Crippen LogP contribution < -0.4 is 15.2 Å². The molecule has 3 nitrogen and oxygen atoms in total. The Labute approximate surface area is 117 Å². The Morgan fingerprint density at radius 1 is 1.00 bits per heavy atom. The van der Waals surface area contributed by atoms with Crippen LogP contribution in [0.5, 0.6) is 11.5 Å². The third-order valence-electron chi connectivity index (χ3n) is 3.22. The zero-order valence-corrected chi connectivity index (χ0v) is 12.3. The number of benzene rings is 1. The molecule has 1 rings (SSSR count). The molecule has 0 unspecified atom stereocenters. The molecule has 0 amide bonds. The molecule has 0 heterocycles. The topological polar surface area (TPSA) is 44.5 Å². The van der Waals surface area contributed by atoms with Gasteiger partial charge in [-0.3, -0.25) is 0 Å². The molecule has 0 spiro atoms. The fraction of sp³-hybridized carbons (Fsp3) is 0.625. The van der Waals surface area contributed by atoms with Crippen molar-refractivity contribution >= 4 is 0 Å². The second-order valence-electron chi connectivity index (χ2n) is 4.81. The van der Waals surface area contributed by atoms with Crippen LogP contribution in [-0.4, -0.2) is 13.7 Å². The summed E-state index contributed by atoms with van der Waals surface area (Å²) >= 11 is 0. The molecule has 1 aromatic carbocycles. The summed E-state index contributed by atoms with van der Waals surface area (Å²) < 4.78 is 11.1. The van der Waals surface area contributed by atoms with E-state index in [2.05, 4.69) is 6.92 Å². The second-order valence-corrected chi connectivity index (χ2v) is 4.81. The minimum Gasteiger partial charge on any atom is -0.493 e. The van der Waals surface area contributed by atoms with Crippen molar-refractivity contribution in [1.82, 2.24) is 0 Å². The number of ether oxygens (including phenoxy) is 2. The van der Waals surface area contributed by atoms with E-state index in [1.54, 1.807) is 7.11 Å². The van der Waals surface area contributed by atoms with Gasteiger partial charge >= 0.3 is 0 Å². The van der Waals surface area contributed by atoms with E-state index in [-0.39, 0.29) is 0 Å². The Bertz CT molecular complexity index is 353. The Morgan fingerprint density at radius 2 is 1.74 bits per heavy atom.